The first-order chi connectivity index (χ1) is 13.2. The maximum atomic E-state index is 12.0. The zero-order valence-electron chi connectivity index (χ0n) is 15.3. The Morgan fingerprint density at radius 2 is 1.63 bits per heavy atom. The van der Waals surface area contributed by atoms with E-state index in [9.17, 15) is 9.59 Å². The highest BCUT2D eigenvalue weighted by atomic mass is 16.5. The van der Waals surface area contributed by atoms with Crippen molar-refractivity contribution in [3.05, 3.63) is 60.2 Å². The van der Waals surface area contributed by atoms with Crippen molar-refractivity contribution in [3.63, 3.8) is 0 Å². The summed E-state index contributed by atoms with van der Waals surface area (Å²) in [6.07, 6.45) is 0.567. The van der Waals surface area contributed by atoms with Crippen LogP contribution in [0.2, 0.25) is 0 Å². The molecule has 3 rings (SSSR count). The molecule has 2 aromatic carbocycles. The molecule has 0 aliphatic carbocycles. The molecular weight excluding hydrogens is 342 g/mol. The summed E-state index contributed by atoms with van der Waals surface area (Å²) in [6.45, 7) is 3.58. The number of hydrogen-bond acceptors (Lipinski definition) is 4. The van der Waals surface area contributed by atoms with Gasteiger partial charge in [-0.1, -0.05) is 30.3 Å². The zero-order chi connectivity index (χ0) is 18.9. The lowest BCUT2D eigenvalue weighted by atomic mass is 10.1. The summed E-state index contributed by atoms with van der Waals surface area (Å²) in [7, 11) is 0. The van der Waals surface area contributed by atoms with Crippen molar-refractivity contribution in [1.82, 2.24) is 5.32 Å². The lowest BCUT2D eigenvalue weighted by Crippen LogP contribution is -2.36. The highest BCUT2D eigenvalue weighted by Crippen LogP contribution is 2.19. The Balaban J connectivity index is 1.38. The predicted molar refractivity (Wildman–Crippen MR) is 106 cm³/mol. The number of hydrogen-bond donors (Lipinski definition) is 2. The number of ether oxygens (including phenoxy) is 1. The molecule has 0 spiro atoms. The molecule has 0 bridgehead atoms. The van der Waals surface area contributed by atoms with Gasteiger partial charge in [-0.15, -0.1) is 0 Å². The van der Waals surface area contributed by atoms with Crippen LogP contribution in [0.5, 0.6) is 0 Å². The van der Waals surface area contributed by atoms with Crippen LogP contribution in [0.25, 0.3) is 0 Å². The fraction of sp³-hybridized carbons (Fsp3) is 0.333. The molecule has 2 N–H and O–H groups in total. The van der Waals surface area contributed by atoms with Crippen molar-refractivity contribution in [1.29, 1.82) is 0 Å². The molecule has 1 saturated heterocycles. The fourth-order valence-corrected chi connectivity index (χ4v) is 2.96. The number of carbonyl (C=O) groups is 2. The molecule has 27 heavy (non-hydrogen) atoms. The summed E-state index contributed by atoms with van der Waals surface area (Å²) in [6, 6.07) is 17.3. The molecule has 2 amide bonds. The third-order valence-electron chi connectivity index (χ3n) is 4.41. The van der Waals surface area contributed by atoms with Gasteiger partial charge in [-0.3, -0.25) is 9.59 Å². The van der Waals surface area contributed by atoms with Crippen LogP contribution in [0, 0.1) is 0 Å². The lowest BCUT2D eigenvalue weighted by molar-refractivity contribution is -0.120. The number of nitrogens with one attached hydrogen (secondary N) is 2. The third kappa shape index (κ3) is 6.11. The van der Waals surface area contributed by atoms with Crippen molar-refractivity contribution in [2.24, 2.45) is 0 Å². The normalized spacial score (nSPS) is 13.9. The molecule has 0 aromatic heterocycles. The largest absolute Gasteiger partial charge is 0.378 e. The molecule has 0 unspecified atom stereocenters. The van der Waals surface area contributed by atoms with Gasteiger partial charge in [0, 0.05) is 37.4 Å². The van der Waals surface area contributed by atoms with Gasteiger partial charge in [0.2, 0.25) is 11.8 Å². The average molecular weight is 367 g/mol. The maximum absolute atomic E-state index is 12.0. The van der Waals surface area contributed by atoms with Crippen molar-refractivity contribution < 1.29 is 14.3 Å². The van der Waals surface area contributed by atoms with Crippen molar-refractivity contribution >= 4 is 23.2 Å². The summed E-state index contributed by atoms with van der Waals surface area (Å²) in [5.41, 5.74) is 2.84. The monoisotopic (exact) mass is 367 g/mol. The van der Waals surface area contributed by atoms with Crippen LogP contribution in [0.15, 0.2) is 54.6 Å². The van der Waals surface area contributed by atoms with E-state index in [-0.39, 0.29) is 18.2 Å². The Morgan fingerprint density at radius 3 is 2.33 bits per heavy atom. The molecule has 1 heterocycles. The molecule has 1 aliphatic heterocycles. The Bertz CT molecular complexity index is 741. The van der Waals surface area contributed by atoms with E-state index in [1.807, 2.05) is 54.6 Å². The van der Waals surface area contributed by atoms with E-state index >= 15 is 0 Å². The summed E-state index contributed by atoms with van der Waals surface area (Å²) >= 11 is 0. The van der Waals surface area contributed by atoms with E-state index in [4.69, 9.17) is 4.74 Å². The molecule has 6 heteroatoms. The summed E-state index contributed by atoms with van der Waals surface area (Å²) in [5, 5.41) is 5.64. The van der Waals surface area contributed by atoms with Gasteiger partial charge in [-0.05, 0) is 29.8 Å². The summed E-state index contributed by atoms with van der Waals surface area (Å²) < 4.78 is 5.36. The summed E-state index contributed by atoms with van der Waals surface area (Å²) in [5.74, 6) is -0.196. The quantitative estimate of drug-likeness (QED) is 0.787. The smallest absolute Gasteiger partial charge is 0.226 e. The highest BCUT2D eigenvalue weighted by Gasteiger charge is 2.11. The standard InChI is InChI=1S/C21H25N3O3/c25-20(10-11-22-21(26)16-17-4-2-1-3-5-17)23-18-6-8-19(9-7-18)24-12-14-27-15-13-24/h1-9H,10-16H2,(H,22,26)(H,23,25). The second-order valence-electron chi connectivity index (χ2n) is 6.46. The molecule has 0 radical (unpaired) electrons. The highest BCUT2D eigenvalue weighted by molar-refractivity contribution is 5.91. The second-order valence-corrected chi connectivity index (χ2v) is 6.46. The Kier molecular flexibility index (Phi) is 6.82. The number of amides is 2. The van der Waals surface area contributed by atoms with Crippen LogP contribution in [0.1, 0.15) is 12.0 Å². The van der Waals surface area contributed by atoms with Gasteiger partial charge in [0.15, 0.2) is 0 Å². The Morgan fingerprint density at radius 1 is 0.926 bits per heavy atom. The first-order valence-electron chi connectivity index (χ1n) is 9.24. The Hall–Kier alpha value is -2.86. The molecular formula is C21H25N3O3. The minimum absolute atomic E-state index is 0.0798. The van der Waals surface area contributed by atoms with Gasteiger partial charge < -0.3 is 20.3 Å². The SMILES string of the molecule is O=C(Cc1ccccc1)NCCC(=O)Nc1ccc(N2CCOCC2)cc1. The van der Waals surface area contributed by atoms with E-state index in [2.05, 4.69) is 15.5 Å². The topological polar surface area (TPSA) is 70.7 Å². The van der Waals surface area contributed by atoms with Crippen molar-refractivity contribution in [3.8, 4) is 0 Å². The van der Waals surface area contributed by atoms with E-state index < -0.39 is 0 Å². The lowest BCUT2D eigenvalue weighted by Gasteiger charge is -2.28. The van der Waals surface area contributed by atoms with Crippen molar-refractivity contribution in [2.45, 2.75) is 12.8 Å². The van der Waals surface area contributed by atoms with E-state index in [0.29, 0.717) is 13.0 Å². The van der Waals surface area contributed by atoms with Crippen LogP contribution in [-0.2, 0) is 20.7 Å². The first-order valence-corrected chi connectivity index (χ1v) is 9.24. The van der Waals surface area contributed by atoms with Crippen LogP contribution in [-0.4, -0.2) is 44.7 Å². The fourth-order valence-electron chi connectivity index (χ4n) is 2.96. The van der Waals surface area contributed by atoms with E-state index in [1.54, 1.807) is 0 Å². The van der Waals surface area contributed by atoms with Gasteiger partial charge in [-0.25, -0.2) is 0 Å². The van der Waals surface area contributed by atoms with Gasteiger partial charge >= 0.3 is 0 Å². The molecule has 0 saturated carbocycles. The average Bonchev–Trinajstić information content (AvgIpc) is 2.70. The first kappa shape index (κ1) is 18.9. The van der Waals surface area contributed by atoms with Crippen LogP contribution in [0.4, 0.5) is 11.4 Å². The zero-order valence-corrected chi connectivity index (χ0v) is 15.3. The second kappa shape index (κ2) is 9.73. The van der Waals surface area contributed by atoms with Crippen LogP contribution < -0.4 is 15.5 Å². The maximum Gasteiger partial charge on any atom is 0.226 e. The number of carbonyl (C=O) groups excluding carboxylic acids is 2. The molecule has 6 nitrogen and oxygen atoms in total. The molecule has 142 valence electrons. The third-order valence-corrected chi connectivity index (χ3v) is 4.41. The minimum Gasteiger partial charge on any atom is -0.378 e. The van der Waals surface area contributed by atoms with E-state index in [1.165, 1.54) is 0 Å². The Labute approximate surface area is 159 Å². The number of rotatable bonds is 7. The van der Waals surface area contributed by atoms with Crippen LogP contribution >= 0.6 is 0 Å². The van der Waals surface area contributed by atoms with Gasteiger partial charge in [0.1, 0.15) is 0 Å². The van der Waals surface area contributed by atoms with Gasteiger partial charge in [-0.2, -0.15) is 0 Å². The molecule has 0 atom stereocenters. The predicted octanol–water partition coefficient (Wildman–Crippen LogP) is 2.21. The van der Waals surface area contributed by atoms with Gasteiger partial charge in [0.05, 0.1) is 19.6 Å². The number of benzene rings is 2. The molecule has 1 fully saturated rings. The van der Waals surface area contributed by atoms with Crippen molar-refractivity contribution in [2.75, 3.05) is 43.1 Å². The number of nitrogens with zero attached hydrogens (tertiary/aromatic N) is 1. The summed E-state index contributed by atoms with van der Waals surface area (Å²) in [4.78, 5) is 26.2. The number of anilines is 2. The van der Waals surface area contributed by atoms with Crippen LogP contribution in [0.3, 0.4) is 0 Å². The van der Waals surface area contributed by atoms with E-state index in [0.717, 1.165) is 43.2 Å². The molecule has 1 aliphatic rings. The minimum atomic E-state index is -0.117. The number of morpholine rings is 1. The molecule has 2 aromatic rings. The van der Waals surface area contributed by atoms with Gasteiger partial charge in [0.25, 0.3) is 0 Å².